The smallest absolute Gasteiger partial charge is 0.342 e. The summed E-state index contributed by atoms with van der Waals surface area (Å²) in [5, 5.41) is 4.37. The average molecular weight is 361 g/mol. The van der Waals surface area contributed by atoms with Crippen LogP contribution in [0.25, 0.3) is 0 Å². The van der Waals surface area contributed by atoms with Crippen molar-refractivity contribution >= 4 is 23.4 Å². The lowest BCUT2D eigenvalue weighted by Gasteiger charge is -2.20. The van der Waals surface area contributed by atoms with Crippen LogP contribution in [0.4, 0.5) is 5.82 Å². The minimum atomic E-state index is -0.448. The summed E-state index contributed by atoms with van der Waals surface area (Å²) >= 11 is 6.06. The lowest BCUT2D eigenvalue weighted by Crippen LogP contribution is -2.23. The SMILES string of the molecule is CCOC(=O)c1cn(Cc2ccc(N3CC4CC4C3)nc2C)nc1Cl. The fraction of sp³-hybridized carbons (Fsp3) is 0.500. The zero-order chi connectivity index (χ0) is 17.6. The average Bonchev–Trinajstić information content (AvgIpc) is 3.00. The van der Waals surface area contributed by atoms with Gasteiger partial charge in [0, 0.05) is 25.0 Å². The molecule has 0 amide bonds. The molecule has 4 rings (SSSR count). The summed E-state index contributed by atoms with van der Waals surface area (Å²) in [6.07, 6.45) is 3.01. The van der Waals surface area contributed by atoms with Gasteiger partial charge in [-0.2, -0.15) is 5.10 Å². The van der Waals surface area contributed by atoms with Crippen molar-refractivity contribution in [2.24, 2.45) is 11.8 Å². The Kier molecular flexibility index (Phi) is 4.15. The van der Waals surface area contributed by atoms with Crippen LogP contribution in [0.5, 0.6) is 0 Å². The number of ether oxygens (including phenoxy) is 1. The van der Waals surface area contributed by atoms with E-state index < -0.39 is 5.97 Å². The standard InChI is InChI=1S/C18H21ClN4O2/c1-3-25-18(24)15-10-23(21-17(15)19)9-12-4-5-16(20-11(12)2)22-7-13-6-14(13)8-22/h4-5,10,13-14H,3,6-9H2,1-2H3. The largest absolute Gasteiger partial charge is 0.462 e. The van der Waals surface area contributed by atoms with Crippen LogP contribution in [0.2, 0.25) is 5.15 Å². The van der Waals surface area contributed by atoms with Gasteiger partial charge in [0.25, 0.3) is 0 Å². The molecule has 132 valence electrons. The minimum absolute atomic E-state index is 0.164. The molecule has 1 aliphatic carbocycles. The maximum Gasteiger partial charge on any atom is 0.342 e. The summed E-state index contributed by atoms with van der Waals surface area (Å²) in [4.78, 5) is 19.0. The fourth-order valence-corrected chi connectivity index (χ4v) is 3.73. The topological polar surface area (TPSA) is 60.2 Å². The Morgan fingerprint density at radius 2 is 2.12 bits per heavy atom. The van der Waals surface area contributed by atoms with E-state index in [-0.39, 0.29) is 5.15 Å². The number of rotatable bonds is 5. The summed E-state index contributed by atoms with van der Waals surface area (Å²) in [5.74, 6) is 2.37. The van der Waals surface area contributed by atoms with E-state index in [0.717, 1.165) is 42.0 Å². The Hall–Kier alpha value is -2.08. The monoisotopic (exact) mass is 360 g/mol. The van der Waals surface area contributed by atoms with E-state index >= 15 is 0 Å². The first-order valence-electron chi connectivity index (χ1n) is 8.66. The molecule has 1 saturated carbocycles. The van der Waals surface area contributed by atoms with Gasteiger partial charge in [0.15, 0.2) is 5.15 Å². The molecule has 25 heavy (non-hydrogen) atoms. The third-order valence-corrected chi connectivity index (χ3v) is 5.31. The van der Waals surface area contributed by atoms with Crippen LogP contribution in [0, 0.1) is 18.8 Å². The molecule has 3 heterocycles. The van der Waals surface area contributed by atoms with Crippen molar-refractivity contribution in [2.75, 3.05) is 24.6 Å². The third-order valence-electron chi connectivity index (χ3n) is 5.03. The summed E-state index contributed by atoms with van der Waals surface area (Å²) in [5.41, 5.74) is 2.33. The van der Waals surface area contributed by atoms with Gasteiger partial charge in [0.05, 0.1) is 13.2 Å². The van der Waals surface area contributed by atoms with Gasteiger partial charge in [-0.1, -0.05) is 17.7 Å². The number of fused-ring (bicyclic) bond motifs is 1. The number of aryl methyl sites for hydroxylation is 1. The molecular formula is C18H21ClN4O2. The first-order valence-corrected chi connectivity index (χ1v) is 9.04. The second-order valence-electron chi connectivity index (χ2n) is 6.83. The van der Waals surface area contributed by atoms with Crippen LogP contribution in [-0.2, 0) is 11.3 Å². The Morgan fingerprint density at radius 1 is 1.36 bits per heavy atom. The molecule has 6 nitrogen and oxygen atoms in total. The zero-order valence-electron chi connectivity index (χ0n) is 14.4. The molecule has 2 fully saturated rings. The Bertz CT molecular complexity index is 809. The maximum atomic E-state index is 11.8. The molecule has 2 aromatic rings. The van der Waals surface area contributed by atoms with Crippen LogP contribution in [0.1, 0.15) is 35.0 Å². The zero-order valence-corrected chi connectivity index (χ0v) is 15.2. The highest BCUT2D eigenvalue weighted by Crippen LogP contribution is 2.45. The molecule has 0 N–H and O–H groups in total. The number of halogens is 1. The van der Waals surface area contributed by atoms with E-state index in [1.165, 1.54) is 6.42 Å². The molecule has 2 unspecified atom stereocenters. The second-order valence-corrected chi connectivity index (χ2v) is 7.18. The number of piperidine rings is 1. The van der Waals surface area contributed by atoms with Crippen LogP contribution < -0.4 is 4.90 Å². The van der Waals surface area contributed by atoms with Gasteiger partial charge >= 0.3 is 5.97 Å². The van der Waals surface area contributed by atoms with E-state index in [1.807, 2.05) is 6.92 Å². The van der Waals surface area contributed by atoms with Crippen molar-refractivity contribution < 1.29 is 9.53 Å². The van der Waals surface area contributed by atoms with Crippen molar-refractivity contribution in [2.45, 2.75) is 26.8 Å². The highest BCUT2D eigenvalue weighted by Gasteiger charge is 2.45. The van der Waals surface area contributed by atoms with Crippen molar-refractivity contribution in [3.63, 3.8) is 0 Å². The van der Waals surface area contributed by atoms with Gasteiger partial charge in [-0.05, 0) is 43.7 Å². The van der Waals surface area contributed by atoms with Gasteiger partial charge in [-0.3, -0.25) is 4.68 Å². The molecule has 2 atom stereocenters. The quantitative estimate of drug-likeness (QED) is 0.767. The van der Waals surface area contributed by atoms with Crippen LogP contribution in [0.3, 0.4) is 0 Å². The molecule has 0 aromatic carbocycles. The van der Waals surface area contributed by atoms with Gasteiger partial charge in [0.1, 0.15) is 11.4 Å². The van der Waals surface area contributed by atoms with Crippen LogP contribution >= 0.6 is 11.6 Å². The number of hydrogen-bond acceptors (Lipinski definition) is 5. The molecule has 1 aliphatic heterocycles. The number of pyridine rings is 1. The highest BCUT2D eigenvalue weighted by atomic mass is 35.5. The Labute approximate surface area is 151 Å². The van der Waals surface area contributed by atoms with Crippen LogP contribution in [0.15, 0.2) is 18.3 Å². The van der Waals surface area contributed by atoms with Gasteiger partial charge < -0.3 is 9.64 Å². The minimum Gasteiger partial charge on any atom is -0.462 e. The third kappa shape index (κ3) is 3.23. The van der Waals surface area contributed by atoms with Gasteiger partial charge in [0.2, 0.25) is 0 Å². The number of aromatic nitrogens is 3. The van der Waals surface area contributed by atoms with Crippen molar-refractivity contribution in [3.8, 4) is 0 Å². The molecule has 2 aromatic heterocycles. The summed E-state index contributed by atoms with van der Waals surface area (Å²) in [6.45, 7) is 6.86. The van der Waals surface area contributed by atoms with E-state index in [2.05, 4.69) is 22.1 Å². The Morgan fingerprint density at radius 3 is 2.80 bits per heavy atom. The van der Waals surface area contributed by atoms with Gasteiger partial charge in [-0.25, -0.2) is 9.78 Å². The predicted octanol–water partition coefficient (Wildman–Crippen LogP) is 2.92. The molecule has 2 aliphatic rings. The molecule has 7 heteroatoms. The van der Waals surface area contributed by atoms with E-state index in [4.69, 9.17) is 21.3 Å². The number of nitrogens with zero attached hydrogens (tertiary/aromatic N) is 4. The summed E-state index contributed by atoms with van der Waals surface area (Å²) in [6, 6.07) is 4.16. The lowest BCUT2D eigenvalue weighted by molar-refractivity contribution is 0.0526. The predicted molar refractivity (Wildman–Crippen MR) is 95.1 cm³/mol. The molecule has 1 saturated heterocycles. The van der Waals surface area contributed by atoms with E-state index in [1.54, 1.807) is 17.8 Å². The molecule has 0 radical (unpaired) electrons. The first-order chi connectivity index (χ1) is 12.0. The Balaban J connectivity index is 1.49. The summed E-state index contributed by atoms with van der Waals surface area (Å²) < 4.78 is 6.64. The molecule has 0 spiro atoms. The van der Waals surface area contributed by atoms with Crippen molar-refractivity contribution in [3.05, 3.63) is 40.3 Å². The number of esters is 1. The van der Waals surface area contributed by atoms with Crippen molar-refractivity contribution in [1.29, 1.82) is 0 Å². The van der Waals surface area contributed by atoms with Crippen LogP contribution in [-0.4, -0.2) is 40.4 Å². The van der Waals surface area contributed by atoms with Gasteiger partial charge in [-0.15, -0.1) is 0 Å². The first kappa shape index (κ1) is 16.4. The number of anilines is 1. The van der Waals surface area contributed by atoms with E-state index in [9.17, 15) is 4.79 Å². The van der Waals surface area contributed by atoms with E-state index in [0.29, 0.717) is 18.7 Å². The normalized spacial score (nSPS) is 21.3. The lowest BCUT2D eigenvalue weighted by atomic mass is 10.2. The number of carbonyl (C=O) groups excluding carboxylic acids is 1. The molecular weight excluding hydrogens is 340 g/mol. The second kappa shape index (κ2) is 6.33. The summed E-state index contributed by atoms with van der Waals surface area (Å²) in [7, 11) is 0. The maximum absolute atomic E-state index is 11.8. The highest BCUT2D eigenvalue weighted by molar-refractivity contribution is 6.32. The number of carbonyl (C=O) groups is 1. The van der Waals surface area contributed by atoms with Crippen molar-refractivity contribution in [1.82, 2.24) is 14.8 Å². The molecule has 0 bridgehead atoms. The number of hydrogen-bond donors (Lipinski definition) is 0. The fourth-order valence-electron chi connectivity index (χ4n) is 3.50.